The Hall–Kier alpha value is -3.38. The maximum Gasteiger partial charge on any atom is 0.416 e. The zero-order valence-electron chi connectivity index (χ0n) is 21.2. The first kappa shape index (κ1) is 25.3. The summed E-state index contributed by atoms with van der Waals surface area (Å²) in [5, 5.41) is 9.47. The van der Waals surface area contributed by atoms with E-state index in [2.05, 4.69) is 34.7 Å². The van der Waals surface area contributed by atoms with Gasteiger partial charge in [0.2, 0.25) is 0 Å². The van der Waals surface area contributed by atoms with Crippen LogP contribution < -0.4 is 10.5 Å². The zero-order chi connectivity index (χ0) is 26.5. The highest BCUT2D eigenvalue weighted by molar-refractivity contribution is 5.91. The highest BCUT2D eigenvalue weighted by Gasteiger charge is 2.41. The third kappa shape index (κ3) is 4.27. The van der Waals surface area contributed by atoms with Crippen LogP contribution in [0.2, 0.25) is 0 Å². The van der Waals surface area contributed by atoms with Crippen molar-refractivity contribution in [1.82, 2.24) is 14.5 Å². The van der Waals surface area contributed by atoms with Gasteiger partial charge in [-0.05, 0) is 55.5 Å². The molecule has 9 heteroatoms. The molecule has 0 saturated carbocycles. The SMILES string of the molecule is CC[C@@H]1CN2c3c(c(=O)n(C)c4ccc(C#N)nc34)CC[C@@H]2CN1[C@H](CC)c1ccc(C(F)(F)F)cc1. The number of nitrogens with zero attached hydrogens (tertiary/aromatic N) is 5. The number of nitriles is 1. The van der Waals surface area contributed by atoms with Gasteiger partial charge >= 0.3 is 6.18 Å². The number of hydrogen-bond donors (Lipinski definition) is 0. The Morgan fingerprint density at radius 1 is 1.14 bits per heavy atom. The van der Waals surface area contributed by atoms with E-state index in [4.69, 9.17) is 0 Å². The molecule has 2 aromatic heterocycles. The van der Waals surface area contributed by atoms with Crippen molar-refractivity contribution >= 4 is 16.7 Å². The number of benzene rings is 1. The maximum absolute atomic E-state index is 13.3. The lowest BCUT2D eigenvalue weighted by Gasteiger charge is -2.52. The predicted molar refractivity (Wildman–Crippen MR) is 136 cm³/mol. The number of alkyl halides is 3. The van der Waals surface area contributed by atoms with E-state index in [1.54, 1.807) is 35.9 Å². The lowest BCUT2D eigenvalue weighted by molar-refractivity contribution is -0.137. The molecule has 0 bridgehead atoms. The molecule has 3 atom stereocenters. The topological polar surface area (TPSA) is 65.2 Å². The minimum atomic E-state index is -4.35. The Bertz CT molecular complexity index is 1420. The molecular weight excluding hydrogens is 479 g/mol. The molecule has 6 nitrogen and oxygen atoms in total. The molecule has 37 heavy (non-hydrogen) atoms. The number of piperazine rings is 1. The quantitative estimate of drug-likeness (QED) is 0.484. The summed E-state index contributed by atoms with van der Waals surface area (Å²) in [7, 11) is 1.74. The highest BCUT2D eigenvalue weighted by Crippen LogP contribution is 2.40. The molecule has 0 unspecified atom stereocenters. The number of rotatable bonds is 4. The van der Waals surface area contributed by atoms with Crippen LogP contribution in [0.4, 0.5) is 18.9 Å². The Kier molecular flexibility index (Phi) is 6.48. The van der Waals surface area contributed by atoms with E-state index in [1.807, 2.05) is 0 Å². The van der Waals surface area contributed by atoms with Crippen molar-refractivity contribution in [1.29, 1.82) is 5.26 Å². The van der Waals surface area contributed by atoms with Gasteiger partial charge in [0.1, 0.15) is 17.3 Å². The highest BCUT2D eigenvalue weighted by atomic mass is 19.4. The van der Waals surface area contributed by atoms with Gasteiger partial charge in [-0.2, -0.15) is 18.4 Å². The third-order valence-electron chi connectivity index (χ3n) is 8.06. The summed E-state index contributed by atoms with van der Waals surface area (Å²) < 4.78 is 41.0. The number of halogens is 3. The predicted octanol–water partition coefficient (Wildman–Crippen LogP) is 5.19. The van der Waals surface area contributed by atoms with Crippen molar-refractivity contribution in [3.05, 3.63) is 69.1 Å². The van der Waals surface area contributed by atoms with E-state index in [9.17, 15) is 23.2 Å². The van der Waals surface area contributed by atoms with E-state index >= 15 is 0 Å². The van der Waals surface area contributed by atoms with Crippen molar-refractivity contribution in [2.75, 3.05) is 18.0 Å². The largest absolute Gasteiger partial charge is 0.416 e. The Balaban J connectivity index is 1.53. The van der Waals surface area contributed by atoms with Crippen LogP contribution in [-0.4, -0.2) is 39.6 Å². The van der Waals surface area contributed by atoms with Crippen LogP contribution in [0.5, 0.6) is 0 Å². The summed E-state index contributed by atoms with van der Waals surface area (Å²) in [5.41, 5.74) is 3.50. The smallest absolute Gasteiger partial charge is 0.363 e. The van der Waals surface area contributed by atoms with Gasteiger partial charge in [-0.15, -0.1) is 0 Å². The van der Waals surface area contributed by atoms with Crippen molar-refractivity contribution in [2.24, 2.45) is 7.05 Å². The van der Waals surface area contributed by atoms with E-state index in [0.717, 1.165) is 42.6 Å². The standard InChI is InChI=1S/C28H30F3N5O/c1-4-20-15-36-21(16-35(20)23(5-2)17-6-8-18(9-7-17)28(29,30)31)11-12-22-26(36)25-24(34(3)27(22)37)13-10-19(14-32)33-25/h6-10,13,20-21,23H,4-5,11-12,15-16H2,1-3H3/t20-,21-,23-/m1/s1. The second-order valence-electron chi connectivity index (χ2n) is 10.0. The summed E-state index contributed by atoms with van der Waals surface area (Å²) >= 11 is 0. The Morgan fingerprint density at radius 2 is 1.86 bits per heavy atom. The van der Waals surface area contributed by atoms with Crippen LogP contribution in [0, 0.1) is 11.3 Å². The van der Waals surface area contributed by atoms with Crippen molar-refractivity contribution in [3.8, 4) is 6.07 Å². The molecule has 0 radical (unpaired) electrons. The second kappa shape index (κ2) is 9.49. The van der Waals surface area contributed by atoms with Crippen LogP contribution in [0.1, 0.15) is 61.5 Å². The molecule has 2 aliphatic heterocycles. The summed E-state index contributed by atoms with van der Waals surface area (Å²) in [5.74, 6) is 0. The average molecular weight is 510 g/mol. The molecule has 0 aliphatic carbocycles. The van der Waals surface area contributed by atoms with Gasteiger partial charge in [-0.1, -0.05) is 26.0 Å². The molecule has 2 aliphatic rings. The zero-order valence-corrected chi connectivity index (χ0v) is 21.2. The van der Waals surface area contributed by atoms with Crippen molar-refractivity contribution in [2.45, 2.75) is 63.8 Å². The first-order chi connectivity index (χ1) is 17.7. The van der Waals surface area contributed by atoms with Gasteiger partial charge in [0, 0.05) is 43.8 Å². The molecule has 1 aromatic carbocycles. The lowest BCUT2D eigenvalue weighted by Crippen LogP contribution is -2.60. The normalized spacial score (nSPS) is 20.8. The molecule has 0 amide bonds. The number of aromatic nitrogens is 2. The Labute approximate surface area is 213 Å². The average Bonchev–Trinajstić information content (AvgIpc) is 2.90. The van der Waals surface area contributed by atoms with Gasteiger partial charge in [0.05, 0.1) is 16.8 Å². The van der Waals surface area contributed by atoms with Gasteiger partial charge in [-0.25, -0.2) is 4.98 Å². The summed E-state index contributed by atoms with van der Waals surface area (Å²) in [4.78, 5) is 22.6. The first-order valence-electron chi connectivity index (χ1n) is 12.8. The molecule has 5 rings (SSSR count). The first-order valence-corrected chi connectivity index (χ1v) is 12.8. The van der Waals surface area contributed by atoms with E-state index in [-0.39, 0.29) is 23.7 Å². The minimum absolute atomic E-state index is 0.000478. The van der Waals surface area contributed by atoms with Gasteiger partial charge in [0.15, 0.2) is 0 Å². The van der Waals surface area contributed by atoms with Gasteiger partial charge in [0.25, 0.3) is 5.56 Å². The fourth-order valence-electron chi connectivity index (χ4n) is 6.15. The molecule has 0 spiro atoms. The fourth-order valence-corrected chi connectivity index (χ4v) is 6.15. The fraction of sp³-hybridized carbons (Fsp3) is 0.464. The second-order valence-corrected chi connectivity index (χ2v) is 10.0. The number of fused-ring (bicyclic) bond motifs is 5. The van der Waals surface area contributed by atoms with Crippen LogP contribution in [0.15, 0.2) is 41.2 Å². The third-order valence-corrected chi connectivity index (χ3v) is 8.06. The minimum Gasteiger partial charge on any atom is -0.363 e. The molecule has 1 fully saturated rings. The lowest BCUT2D eigenvalue weighted by atomic mass is 9.89. The van der Waals surface area contributed by atoms with Crippen LogP contribution >= 0.6 is 0 Å². The van der Waals surface area contributed by atoms with E-state index in [0.29, 0.717) is 29.7 Å². The monoisotopic (exact) mass is 509 g/mol. The molecule has 194 valence electrons. The number of hydrogen-bond acceptors (Lipinski definition) is 5. The van der Waals surface area contributed by atoms with Crippen LogP contribution in [0.3, 0.4) is 0 Å². The van der Waals surface area contributed by atoms with Crippen LogP contribution in [0.25, 0.3) is 11.0 Å². The van der Waals surface area contributed by atoms with E-state index < -0.39 is 11.7 Å². The van der Waals surface area contributed by atoms with E-state index in [1.165, 1.54) is 12.1 Å². The maximum atomic E-state index is 13.3. The molecule has 1 saturated heterocycles. The van der Waals surface area contributed by atoms with Crippen molar-refractivity contribution in [3.63, 3.8) is 0 Å². The number of aryl methyl sites for hydroxylation is 1. The number of anilines is 1. The van der Waals surface area contributed by atoms with Crippen molar-refractivity contribution < 1.29 is 13.2 Å². The summed E-state index contributed by atoms with van der Waals surface area (Å²) in [6, 6.07) is 11.4. The Morgan fingerprint density at radius 3 is 2.49 bits per heavy atom. The van der Waals surface area contributed by atoms with Gasteiger partial charge in [-0.3, -0.25) is 9.69 Å². The molecular formula is C28H30F3N5O. The molecule has 3 aromatic rings. The number of pyridine rings is 2. The summed E-state index contributed by atoms with van der Waals surface area (Å²) in [6.07, 6.45) is -1.29. The van der Waals surface area contributed by atoms with Crippen LogP contribution in [-0.2, 0) is 19.6 Å². The summed E-state index contributed by atoms with van der Waals surface area (Å²) in [6.45, 7) is 5.62. The van der Waals surface area contributed by atoms with Gasteiger partial charge < -0.3 is 9.47 Å². The molecule has 4 heterocycles. The molecule has 0 N–H and O–H groups in total.